The Morgan fingerprint density at radius 1 is 1.14 bits per heavy atom. The molecule has 37 heavy (non-hydrogen) atoms. The lowest BCUT2D eigenvalue weighted by molar-refractivity contribution is 0.299. The third kappa shape index (κ3) is 5.07. The predicted molar refractivity (Wildman–Crippen MR) is 137 cm³/mol. The second-order valence-corrected chi connectivity index (χ2v) is 10.6. The molecular formula is C25H28N6O5S. The van der Waals surface area contributed by atoms with Crippen molar-refractivity contribution in [3.63, 3.8) is 0 Å². The van der Waals surface area contributed by atoms with Crippen LogP contribution in [0.25, 0.3) is 17.0 Å². The molecule has 0 radical (unpaired) electrons. The molecule has 1 fully saturated rings. The number of H-pyrrole nitrogens is 1. The van der Waals surface area contributed by atoms with Gasteiger partial charge in [-0.1, -0.05) is 25.0 Å². The van der Waals surface area contributed by atoms with Gasteiger partial charge in [0.25, 0.3) is 15.6 Å². The number of hydrogen-bond donors (Lipinski definition) is 3. The fraction of sp³-hybridized carbons (Fsp3) is 0.360. The number of benzene rings is 2. The highest BCUT2D eigenvalue weighted by molar-refractivity contribution is 7.92. The maximum atomic E-state index is 13.2. The van der Waals surface area contributed by atoms with Gasteiger partial charge in [0.1, 0.15) is 5.75 Å². The average Bonchev–Trinajstić information content (AvgIpc) is 3.56. The number of nitrogens with one attached hydrogen (secondary N) is 2. The van der Waals surface area contributed by atoms with E-state index in [9.17, 15) is 13.2 Å². The Bertz CT molecular complexity index is 1570. The van der Waals surface area contributed by atoms with Crippen molar-refractivity contribution in [3.05, 3.63) is 64.2 Å². The van der Waals surface area contributed by atoms with Gasteiger partial charge in [0.05, 0.1) is 17.1 Å². The minimum Gasteiger partial charge on any atom is -0.493 e. The van der Waals surface area contributed by atoms with E-state index in [0.717, 1.165) is 31.2 Å². The van der Waals surface area contributed by atoms with Crippen molar-refractivity contribution in [1.29, 1.82) is 0 Å². The van der Waals surface area contributed by atoms with Crippen LogP contribution < -0.4 is 15.0 Å². The lowest BCUT2D eigenvalue weighted by Gasteiger charge is -2.14. The molecule has 1 aliphatic carbocycles. The first-order chi connectivity index (χ1) is 17.9. The topological polar surface area (TPSA) is 152 Å². The summed E-state index contributed by atoms with van der Waals surface area (Å²) >= 11 is 0. The van der Waals surface area contributed by atoms with Gasteiger partial charge in [-0.2, -0.15) is 4.52 Å². The first-order valence-electron chi connectivity index (χ1n) is 12.2. The average molecular weight is 525 g/mol. The molecule has 0 saturated heterocycles. The molecule has 11 nitrogen and oxygen atoms in total. The van der Waals surface area contributed by atoms with Crippen molar-refractivity contribution in [2.75, 3.05) is 17.9 Å². The predicted octanol–water partition coefficient (Wildman–Crippen LogP) is 2.87. The van der Waals surface area contributed by atoms with Gasteiger partial charge in [0.15, 0.2) is 11.6 Å². The molecule has 1 aliphatic rings. The molecule has 4 aromatic rings. The van der Waals surface area contributed by atoms with Gasteiger partial charge in [0, 0.05) is 18.2 Å². The standard InChI is InChI=1S/C25H28N6O5S/c1-2-36-21-12-11-19(37(34,35)30-18-9-7-16(8-10-18)13-14-32)15-20(21)22-26-25(33)24-28-27-23(31(24)29-22)17-5-3-4-6-17/h7-12,15,17,30,32H,2-6,13-14H2,1H3,(H,26,29,33). The number of aliphatic hydroxyl groups is 1. The number of hydrogen-bond acceptors (Lipinski definition) is 8. The third-order valence-corrected chi connectivity index (χ3v) is 7.82. The summed E-state index contributed by atoms with van der Waals surface area (Å²) in [7, 11) is -3.97. The van der Waals surface area contributed by atoms with Gasteiger partial charge >= 0.3 is 0 Å². The summed E-state index contributed by atoms with van der Waals surface area (Å²) in [6.07, 6.45) is 4.56. The van der Waals surface area contributed by atoms with E-state index in [1.54, 1.807) is 30.3 Å². The van der Waals surface area contributed by atoms with Gasteiger partial charge in [-0.3, -0.25) is 9.52 Å². The Labute approximate surface area is 213 Å². The van der Waals surface area contributed by atoms with Crippen LogP contribution in [0.4, 0.5) is 5.69 Å². The summed E-state index contributed by atoms with van der Waals surface area (Å²) in [5, 5.41) is 22.0. The molecule has 12 heteroatoms. The smallest absolute Gasteiger partial charge is 0.296 e. The Hall–Kier alpha value is -3.77. The number of rotatable bonds is 9. The van der Waals surface area contributed by atoms with Crippen LogP contribution in [0.2, 0.25) is 0 Å². The van der Waals surface area contributed by atoms with E-state index >= 15 is 0 Å². The highest BCUT2D eigenvalue weighted by atomic mass is 32.2. The molecule has 194 valence electrons. The van der Waals surface area contributed by atoms with Gasteiger partial charge < -0.3 is 14.8 Å². The second-order valence-electron chi connectivity index (χ2n) is 8.94. The number of fused-ring (bicyclic) bond motifs is 1. The van der Waals surface area contributed by atoms with E-state index < -0.39 is 15.6 Å². The van der Waals surface area contributed by atoms with E-state index in [1.807, 2.05) is 6.92 Å². The number of ether oxygens (including phenoxy) is 1. The van der Waals surface area contributed by atoms with Crippen molar-refractivity contribution in [2.45, 2.75) is 49.8 Å². The molecule has 2 heterocycles. The third-order valence-electron chi connectivity index (χ3n) is 6.44. The van der Waals surface area contributed by atoms with Crippen molar-refractivity contribution in [1.82, 2.24) is 24.8 Å². The zero-order valence-corrected chi connectivity index (χ0v) is 21.2. The van der Waals surface area contributed by atoms with Crippen molar-refractivity contribution >= 4 is 21.4 Å². The molecule has 0 bridgehead atoms. The number of anilines is 1. The van der Waals surface area contributed by atoms with Crippen molar-refractivity contribution < 1.29 is 18.3 Å². The second kappa shape index (κ2) is 10.3. The summed E-state index contributed by atoms with van der Waals surface area (Å²) < 4.78 is 36.2. The molecule has 0 unspecified atom stereocenters. The lowest BCUT2D eigenvalue weighted by Crippen LogP contribution is -2.17. The fourth-order valence-electron chi connectivity index (χ4n) is 4.61. The first-order valence-corrected chi connectivity index (χ1v) is 13.7. The molecule has 5 rings (SSSR count). The van der Waals surface area contributed by atoms with Gasteiger partial charge in [-0.05, 0) is 62.1 Å². The fourth-order valence-corrected chi connectivity index (χ4v) is 5.69. The Balaban J connectivity index is 1.55. The van der Waals surface area contributed by atoms with Gasteiger partial charge in [-0.25, -0.2) is 8.42 Å². The van der Waals surface area contributed by atoms with E-state index in [1.165, 1.54) is 16.6 Å². The van der Waals surface area contributed by atoms with Crippen molar-refractivity contribution in [3.8, 4) is 17.1 Å². The zero-order valence-electron chi connectivity index (χ0n) is 20.3. The van der Waals surface area contributed by atoms with E-state index in [0.29, 0.717) is 35.9 Å². The van der Waals surface area contributed by atoms with Crippen LogP contribution in [0.3, 0.4) is 0 Å². The number of sulfonamides is 1. The summed E-state index contributed by atoms with van der Waals surface area (Å²) in [5.41, 5.74) is 1.23. The molecular weight excluding hydrogens is 496 g/mol. The van der Waals surface area contributed by atoms with Crippen LogP contribution in [-0.2, 0) is 16.4 Å². The summed E-state index contributed by atoms with van der Waals surface area (Å²) in [6.45, 7) is 2.16. The minimum absolute atomic E-state index is 0.0131. The highest BCUT2D eigenvalue weighted by Crippen LogP contribution is 2.34. The van der Waals surface area contributed by atoms with Crippen LogP contribution in [0.5, 0.6) is 5.75 Å². The van der Waals surface area contributed by atoms with Crippen LogP contribution in [-0.4, -0.2) is 51.5 Å². The lowest BCUT2D eigenvalue weighted by atomic mass is 10.1. The van der Waals surface area contributed by atoms with E-state index in [-0.39, 0.29) is 28.9 Å². The zero-order chi connectivity index (χ0) is 26.0. The molecule has 0 aliphatic heterocycles. The SMILES string of the molecule is CCOc1ccc(S(=O)(=O)Nc2ccc(CCO)cc2)cc1-c1nn2c(C3CCCC3)nnc2c(=O)[nH]1. The molecule has 0 spiro atoms. The molecule has 2 aromatic carbocycles. The number of aliphatic hydroxyl groups excluding tert-OH is 1. The Morgan fingerprint density at radius 3 is 2.59 bits per heavy atom. The number of aromatic amines is 1. The monoisotopic (exact) mass is 524 g/mol. The van der Waals surface area contributed by atoms with Crippen LogP contribution in [0, 0.1) is 0 Å². The number of nitrogens with zero attached hydrogens (tertiary/aromatic N) is 4. The molecule has 3 N–H and O–H groups in total. The summed E-state index contributed by atoms with van der Waals surface area (Å²) in [5.74, 6) is 1.34. The Morgan fingerprint density at radius 2 is 1.89 bits per heavy atom. The maximum Gasteiger partial charge on any atom is 0.296 e. The van der Waals surface area contributed by atoms with Gasteiger partial charge in [-0.15, -0.1) is 15.3 Å². The molecule has 0 atom stereocenters. The van der Waals surface area contributed by atoms with Gasteiger partial charge in [0.2, 0.25) is 5.65 Å². The quantitative estimate of drug-likeness (QED) is 0.302. The molecule has 1 saturated carbocycles. The first kappa shape index (κ1) is 24.9. The van der Waals surface area contributed by atoms with Crippen LogP contribution in [0.1, 0.15) is 49.9 Å². The Kier molecular flexibility index (Phi) is 6.94. The number of aromatic nitrogens is 5. The highest BCUT2D eigenvalue weighted by Gasteiger charge is 2.25. The van der Waals surface area contributed by atoms with E-state index in [2.05, 4.69) is 25.0 Å². The van der Waals surface area contributed by atoms with Crippen LogP contribution in [0.15, 0.2) is 52.2 Å². The maximum absolute atomic E-state index is 13.2. The minimum atomic E-state index is -3.97. The summed E-state index contributed by atoms with van der Waals surface area (Å²) in [6, 6.07) is 11.2. The summed E-state index contributed by atoms with van der Waals surface area (Å²) in [4.78, 5) is 15.6. The van der Waals surface area contributed by atoms with Crippen LogP contribution >= 0.6 is 0 Å². The van der Waals surface area contributed by atoms with E-state index in [4.69, 9.17) is 9.84 Å². The normalized spacial score (nSPS) is 14.3. The van der Waals surface area contributed by atoms with Crippen molar-refractivity contribution in [2.24, 2.45) is 0 Å². The molecule has 2 aromatic heterocycles. The largest absolute Gasteiger partial charge is 0.493 e. The molecule has 0 amide bonds.